The van der Waals surface area contributed by atoms with Crippen molar-refractivity contribution in [2.75, 3.05) is 6.54 Å². The van der Waals surface area contributed by atoms with E-state index in [1.165, 1.54) is 0 Å². The predicted molar refractivity (Wildman–Crippen MR) is 95.0 cm³/mol. The van der Waals surface area contributed by atoms with Gasteiger partial charge in [-0.3, -0.25) is 5.10 Å². The maximum absolute atomic E-state index is 12.9. The van der Waals surface area contributed by atoms with Crippen molar-refractivity contribution in [2.45, 2.75) is 59.0 Å². The summed E-state index contributed by atoms with van der Waals surface area (Å²) in [5.74, 6) is 0.712. The molecule has 1 aliphatic rings. The minimum atomic E-state index is -0.0387. The summed E-state index contributed by atoms with van der Waals surface area (Å²) in [7, 11) is 0. The molecule has 1 fully saturated rings. The maximum Gasteiger partial charge on any atom is 0.318 e. The molecule has 2 aromatic rings. The molecular weight excluding hydrogens is 316 g/mol. The van der Waals surface area contributed by atoms with Gasteiger partial charge in [0.05, 0.1) is 24.0 Å². The molecule has 2 N–H and O–H groups in total. The number of H-pyrrole nitrogens is 1. The Hall–Kier alpha value is -2.44. The first kappa shape index (κ1) is 17.4. The number of aromatic amines is 1. The van der Waals surface area contributed by atoms with Crippen LogP contribution in [0.15, 0.2) is 12.3 Å². The van der Waals surface area contributed by atoms with E-state index < -0.39 is 0 Å². The third-order valence-electron chi connectivity index (χ3n) is 4.79. The quantitative estimate of drug-likeness (QED) is 0.898. The third-order valence-corrected chi connectivity index (χ3v) is 4.79. The molecule has 0 radical (unpaired) electrons. The molecule has 0 spiro atoms. The monoisotopic (exact) mass is 342 g/mol. The Bertz CT molecular complexity index is 721. The predicted octanol–water partition coefficient (Wildman–Crippen LogP) is 2.95. The highest BCUT2D eigenvalue weighted by Gasteiger charge is 2.30. The van der Waals surface area contributed by atoms with E-state index in [0.717, 1.165) is 54.9 Å². The lowest BCUT2D eigenvalue weighted by Crippen LogP contribution is -2.42. The van der Waals surface area contributed by atoms with E-state index in [0.29, 0.717) is 12.4 Å². The Kier molecular flexibility index (Phi) is 5.31. The Morgan fingerprint density at radius 3 is 2.88 bits per heavy atom. The number of aromatic nitrogens is 4. The zero-order chi connectivity index (χ0) is 17.8. The Labute approximate surface area is 148 Å². The van der Waals surface area contributed by atoms with Crippen molar-refractivity contribution < 1.29 is 4.79 Å². The molecule has 7 nitrogen and oxygen atoms in total. The molecule has 25 heavy (non-hydrogen) atoms. The van der Waals surface area contributed by atoms with Gasteiger partial charge in [0.15, 0.2) is 0 Å². The molecule has 0 unspecified atom stereocenters. The van der Waals surface area contributed by atoms with E-state index in [1.54, 1.807) is 6.20 Å². The lowest BCUT2D eigenvalue weighted by Gasteiger charge is -2.30. The number of hydrogen-bond acceptors (Lipinski definition) is 4. The summed E-state index contributed by atoms with van der Waals surface area (Å²) in [4.78, 5) is 23.3. The average molecular weight is 342 g/mol. The number of urea groups is 1. The highest BCUT2D eigenvalue weighted by atomic mass is 16.2. The third kappa shape index (κ3) is 3.97. The molecule has 1 aliphatic heterocycles. The van der Waals surface area contributed by atoms with Gasteiger partial charge in [0.1, 0.15) is 5.82 Å². The van der Waals surface area contributed by atoms with Crippen molar-refractivity contribution in [1.82, 2.24) is 30.4 Å². The lowest BCUT2D eigenvalue weighted by atomic mass is 9.99. The van der Waals surface area contributed by atoms with Crippen molar-refractivity contribution in [3.8, 4) is 0 Å². The van der Waals surface area contributed by atoms with Gasteiger partial charge in [-0.1, -0.05) is 12.8 Å². The Morgan fingerprint density at radius 2 is 2.16 bits per heavy atom. The number of likely N-dealkylation sites (tertiary alicyclic amines) is 1. The first-order chi connectivity index (χ1) is 12.1. The summed E-state index contributed by atoms with van der Waals surface area (Å²) in [6.07, 6.45) is 6.01. The second-order valence-corrected chi connectivity index (χ2v) is 6.66. The van der Waals surface area contributed by atoms with Gasteiger partial charge < -0.3 is 10.2 Å². The van der Waals surface area contributed by atoms with Gasteiger partial charge in [0, 0.05) is 24.0 Å². The molecule has 0 aliphatic carbocycles. The fourth-order valence-corrected chi connectivity index (χ4v) is 3.57. The van der Waals surface area contributed by atoms with Crippen LogP contribution in [0.25, 0.3) is 0 Å². The highest BCUT2D eigenvalue weighted by molar-refractivity contribution is 5.75. The summed E-state index contributed by atoms with van der Waals surface area (Å²) < 4.78 is 0. The SMILES string of the molecule is Cc1nccc(CNC(=O)N2CCCCC[C@H]2c2c(C)n[nH]c2C)n1. The fraction of sp³-hybridized carbons (Fsp3) is 0.556. The number of nitrogens with one attached hydrogen (secondary N) is 2. The summed E-state index contributed by atoms with van der Waals surface area (Å²) in [6, 6.07) is 1.87. The molecule has 0 bridgehead atoms. The van der Waals surface area contributed by atoms with E-state index in [-0.39, 0.29) is 12.1 Å². The molecular formula is C18H26N6O. The molecule has 3 rings (SSSR count). The van der Waals surface area contributed by atoms with Crippen LogP contribution in [0.4, 0.5) is 4.79 Å². The van der Waals surface area contributed by atoms with Crippen LogP contribution in [0, 0.1) is 20.8 Å². The minimum absolute atomic E-state index is 0.0387. The van der Waals surface area contributed by atoms with Crippen molar-refractivity contribution in [1.29, 1.82) is 0 Å². The zero-order valence-corrected chi connectivity index (χ0v) is 15.2. The number of hydrogen-bond donors (Lipinski definition) is 2. The van der Waals surface area contributed by atoms with Gasteiger partial charge in [-0.05, 0) is 39.7 Å². The molecule has 1 saturated heterocycles. The average Bonchev–Trinajstić information content (AvgIpc) is 2.79. The van der Waals surface area contributed by atoms with Crippen LogP contribution in [0.3, 0.4) is 0 Å². The van der Waals surface area contributed by atoms with Crippen LogP contribution in [0.2, 0.25) is 0 Å². The van der Waals surface area contributed by atoms with Gasteiger partial charge in [-0.25, -0.2) is 14.8 Å². The molecule has 0 saturated carbocycles. The standard InChI is InChI=1S/C18H26N6O/c1-12-17(13(2)23-22-12)16-7-5-4-6-10-24(16)18(25)20-11-15-8-9-19-14(3)21-15/h8-9,16H,4-7,10-11H2,1-3H3,(H,20,25)(H,22,23)/t16-/m0/s1. The van der Waals surface area contributed by atoms with Crippen LogP contribution in [-0.2, 0) is 6.54 Å². The van der Waals surface area contributed by atoms with Crippen molar-refractivity contribution >= 4 is 6.03 Å². The second-order valence-electron chi connectivity index (χ2n) is 6.66. The lowest BCUT2D eigenvalue weighted by molar-refractivity contribution is 0.175. The van der Waals surface area contributed by atoms with E-state index in [1.807, 2.05) is 31.7 Å². The van der Waals surface area contributed by atoms with Crippen LogP contribution in [-0.4, -0.2) is 37.6 Å². The van der Waals surface area contributed by atoms with Gasteiger partial charge >= 0.3 is 6.03 Å². The zero-order valence-electron chi connectivity index (χ0n) is 15.2. The number of aryl methyl sites for hydroxylation is 3. The number of carbonyl (C=O) groups excluding carboxylic acids is 1. The molecule has 0 aromatic carbocycles. The molecule has 134 valence electrons. The van der Waals surface area contributed by atoms with Gasteiger partial charge in [0.25, 0.3) is 0 Å². The Balaban J connectivity index is 1.75. The van der Waals surface area contributed by atoms with E-state index in [9.17, 15) is 4.79 Å². The molecule has 7 heteroatoms. The molecule has 1 atom stereocenters. The van der Waals surface area contributed by atoms with Crippen LogP contribution >= 0.6 is 0 Å². The van der Waals surface area contributed by atoms with Crippen molar-refractivity contribution in [3.63, 3.8) is 0 Å². The van der Waals surface area contributed by atoms with Crippen LogP contribution in [0.5, 0.6) is 0 Å². The van der Waals surface area contributed by atoms with Gasteiger partial charge in [0.2, 0.25) is 0 Å². The topological polar surface area (TPSA) is 86.8 Å². The highest BCUT2D eigenvalue weighted by Crippen LogP contribution is 2.33. The van der Waals surface area contributed by atoms with Gasteiger partial charge in [-0.2, -0.15) is 5.10 Å². The number of nitrogens with zero attached hydrogens (tertiary/aromatic N) is 4. The largest absolute Gasteiger partial charge is 0.332 e. The Morgan fingerprint density at radius 1 is 1.32 bits per heavy atom. The molecule has 2 amide bonds. The van der Waals surface area contributed by atoms with Crippen LogP contribution < -0.4 is 5.32 Å². The van der Waals surface area contributed by atoms with E-state index >= 15 is 0 Å². The molecule has 3 heterocycles. The first-order valence-corrected chi connectivity index (χ1v) is 8.90. The summed E-state index contributed by atoms with van der Waals surface area (Å²) >= 11 is 0. The number of amides is 2. The normalized spacial score (nSPS) is 18.0. The summed E-state index contributed by atoms with van der Waals surface area (Å²) in [5, 5.41) is 10.4. The summed E-state index contributed by atoms with van der Waals surface area (Å²) in [6.45, 7) is 7.06. The van der Waals surface area contributed by atoms with Gasteiger partial charge in [-0.15, -0.1) is 0 Å². The smallest absolute Gasteiger partial charge is 0.318 e. The number of rotatable bonds is 3. The maximum atomic E-state index is 12.9. The minimum Gasteiger partial charge on any atom is -0.332 e. The van der Waals surface area contributed by atoms with E-state index in [4.69, 9.17) is 0 Å². The molecule has 2 aromatic heterocycles. The van der Waals surface area contributed by atoms with E-state index in [2.05, 4.69) is 25.5 Å². The van der Waals surface area contributed by atoms with Crippen LogP contribution in [0.1, 0.15) is 60.2 Å². The number of carbonyl (C=O) groups is 1. The van der Waals surface area contributed by atoms with Crippen molar-refractivity contribution in [2.24, 2.45) is 0 Å². The van der Waals surface area contributed by atoms with Crippen molar-refractivity contribution in [3.05, 3.63) is 40.7 Å². The fourth-order valence-electron chi connectivity index (χ4n) is 3.57. The summed E-state index contributed by atoms with van der Waals surface area (Å²) in [5.41, 5.74) is 4.01. The first-order valence-electron chi connectivity index (χ1n) is 8.90. The second kappa shape index (κ2) is 7.63.